The highest BCUT2D eigenvalue weighted by atomic mass is 16.5. The van der Waals surface area contributed by atoms with Crippen molar-refractivity contribution in [3.05, 3.63) is 45.9 Å². The van der Waals surface area contributed by atoms with Crippen LogP contribution in [-0.2, 0) is 6.42 Å². The summed E-state index contributed by atoms with van der Waals surface area (Å²) in [5, 5.41) is 0. The molecule has 0 aliphatic carbocycles. The van der Waals surface area contributed by atoms with Crippen LogP contribution in [0, 0.1) is 6.92 Å². The number of hydrogen-bond donors (Lipinski definition) is 1. The Morgan fingerprint density at radius 3 is 2.70 bits per heavy atom. The summed E-state index contributed by atoms with van der Waals surface area (Å²) in [4.78, 5) is 19.4. The highest BCUT2D eigenvalue weighted by molar-refractivity contribution is 5.64. The molecule has 0 atom stereocenters. The van der Waals surface area contributed by atoms with Gasteiger partial charge in [-0.25, -0.2) is 4.98 Å². The van der Waals surface area contributed by atoms with Gasteiger partial charge in [0.25, 0.3) is 5.56 Å². The first-order valence-corrected chi connectivity index (χ1v) is 6.99. The van der Waals surface area contributed by atoms with Crippen LogP contribution in [0.4, 0.5) is 0 Å². The van der Waals surface area contributed by atoms with E-state index in [0.29, 0.717) is 18.0 Å². The largest absolute Gasteiger partial charge is 0.493 e. The zero-order chi connectivity index (χ0) is 14.5. The summed E-state index contributed by atoms with van der Waals surface area (Å²) >= 11 is 0. The lowest BCUT2D eigenvalue weighted by Gasteiger charge is -2.11. The second-order valence-electron chi connectivity index (χ2n) is 4.68. The minimum absolute atomic E-state index is 0.0860. The highest BCUT2D eigenvalue weighted by Crippen LogP contribution is 2.27. The van der Waals surface area contributed by atoms with Crippen LogP contribution in [0.25, 0.3) is 11.4 Å². The van der Waals surface area contributed by atoms with Crippen LogP contribution in [0.1, 0.15) is 31.5 Å². The molecule has 4 nitrogen and oxygen atoms in total. The number of aromatic nitrogens is 2. The van der Waals surface area contributed by atoms with Crippen molar-refractivity contribution < 1.29 is 4.74 Å². The lowest BCUT2D eigenvalue weighted by atomic mass is 10.1. The number of rotatable bonds is 5. The minimum Gasteiger partial charge on any atom is -0.493 e. The topological polar surface area (TPSA) is 55.0 Å². The van der Waals surface area contributed by atoms with Crippen molar-refractivity contribution in [2.75, 3.05) is 6.61 Å². The van der Waals surface area contributed by atoms with Gasteiger partial charge in [-0.3, -0.25) is 4.79 Å². The molecule has 0 unspecified atom stereocenters. The lowest BCUT2D eigenvalue weighted by molar-refractivity contribution is 0.318. The first-order chi connectivity index (χ1) is 9.67. The third-order valence-corrected chi connectivity index (χ3v) is 3.19. The van der Waals surface area contributed by atoms with E-state index in [0.717, 1.165) is 29.8 Å². The van der Waals surface area contributed by atoms with Crippen LogP contribution in [0.5, 0.6) is 5.75 Å². The lowest BCUT2D eigenvalue weighted by Crippen LogP contribution is -2.16. The number of para-hydroxylation sites is 1. The van der Waals surface area contributed by atoms with E-state index >= 15 is 0 Å². The second kappa shape index (κ2) is 6.37. The molecular weight excluding hydrogens is 252 g/mol. The Labute approximate surface area is 118 Å². The van der Waals surface area contributed by atoms with Gasteiger partial charge in [0.2, 0.25) is 0 Å². The first-order valence-electron chi connectivity index (χ1n) is 6.99. The van der Waals surface area contributed by atoms with Crippen molar-refractivity contribution in [1.29, 1.82) is 0 Å². The molecule has 2 rings (SSSR count). The molecule has 0 aliphatic rings. The summed E-state index contributed by atoms with van der Waals surface area (Å²) in [5.74, 6) is 1.33. The molecule has 20 heavy (non-hydrogen) atoms. The summed E-state index contributed by atoms with van der Waals surface area (Å²) in [6, 6.07) is 7.65. The monoisotopic (exact) mass is 272 g/mol. The first kappa shape index (κ1) is 14.3. The fourth-order valence-electron chi connectivity index (χ4n) is 2.05. The van der Waals surface area contributed by atoms with Gasteiger partial charge in [-0.1, -0.05) is 26.0 Å². The van der Waals surface area contributed by atoms with Gasteiger partial charge in [0, 0.05) is 5.56 Å². The van der Waals surface area contributed by atoms with Crippen LogP contribution in [0.2, 0.25) is 0 Å². The van der Waals surface area contributed by atoms with E-state index in [9.17, 15) is 4.79 Å². The predicted octanol–water partition coefficient (Wildman–Crippen LogP) is 3.10. The van der Waals surface area contributed by atoms with E-state index in [1.165, 1.54) is 0 Å². The maximum absolute atomic E-state index is 12.0. The average molecular weight is 272 g/mol. The van der Waals surface area contributed by atoms with Gasteiger partial charge in [0.15, 0.2) is 0 Å². The van der Waals surface area contributed by atoms with Crippen molar-refractivity contribution in [1.82, 2.24) is 9.97 Å². The summed E-state index contributed by atoms with van der Waals surface area (Å²) in [5.41, 5.74) is 2.25. The number of hydrogen-bond acceptors (Lipinski definition) is 3. The molecule has 0 spiro atoms. The molecule has 4 heteroatoms. The summed E-state index contributed by atoms with van der Waals surface area (Å²) < 4.78 is 5.72. The fraction of sp³-hybridized carbons (Fsp3) is 0.375. The van der Waals surface area contributed by atoms with Gasteiger partial charge < -0.3 is 9.72 Å². The fourth-order valence-corrected chi connectivity index (χ4v) is 2.05. The van der Waals surface area contributed by atoms with Gasteiger partial charge >= 0.3 is 0 Å². The maximum Gasteiger partial charge on any atom is 0.254 e. The minimum atomic E-state index is -0.0860. The standard InChI is InChI=1S/C16H20N2O2/c1-4-10-20-14-9-7-6-8-12(14)15-17-13(5-2)11(3)16(19)18-15/h6-9H,4-5,10H2,1-3H3,(H,17,18,19). The van der Waals surface area contributed by atoms with Crippen LogP contribution in [-0.4, -0.2) is 16.6 Å². The van der Waals surface area contributed by atoms with Crippen LogP contribution in [0.15, 0.2) is 29.1 Å². The molecule has 0 saturated carbocycles. The molecule has 106 valence electrons. The van der Waals surface area contributed by atoms with E-state index in [2.05, 4.69) is 16.9 Å². The van der Waals surface area contributed by atoms with E-state index in [1.54, 1.807) is 6.92 Å². The molecule has 1 aromatic heterocycles. The summed E-state index contributed by atoms with van der Waals surface area (Å²) in [6.07, 6.45) is 1.67. The van der Waals surface area contributed by atoms with Gasteiger partial charge in [0.05, 0.1) is 17.9 Å². The molecule has 1 N–H and O–H groups in total. The Kier molecular flexibility index (Phi) is 4.56. The number of benzene rings is 1. The molecular formula is C16H20N2O2. The Hall–Kier alpha value is -2.10. The number of H-pyrrole nitrogens is 1. The van der Waals surface area contributed by atoms with Gasteiger partial charge in [-0.15, -0.1) is 0 Å². The molecule has 0 aliphatic heterocycles. The summed E-state index contributed by atoms with van der Waals surface area (Å²) in [6.45, 7) is 6.50. The predicted molar refractivity (Wildman–Crippen MR) is 80.2 cm³/mol. The van der Waals surface area contributed by atoms with E-state index in [-0.39, 0.29) is 5.56 Å². The third kappa shape index (κ3) is 2.90. The number of ether oxygens (including phenoxy) is 1. The Balaban J connectivity index is 2.51. The van der Waals surface area contributed by atoms with Crippen molar-refractivity contribution in [2.24, 2.45) is 0 Å². The number of nitrogens with one attached hydrogen (secondary N) is 1. The van der Waals surface area contributed by atoms with Gasteiger partial charge in [-0.05, 0) is 31.9 Å². The molecule has 0 bridgehead atoms. The van der Waals surface area contributed by atoms with Crippen molar-refractivity contribution in [2.45, 2.75) is 33.6 Å². The molecule has 0 saturated heterocycles. The highest BCUT2D eigenvalue weighted by Gasteiger charge is 2.11. The van der Waals surface area contributed by atoms with E-state index < -0.39 is 0 Å². The number of aromatic amines is 1. The zero-order valence-corrected chi connectivity index (χ0v) is 12.2. The van der Waals surface area contributed by atoms with Crippen molar-refractivity contribution in [3.63, 3.8) is 0 Å². The molecule has 0 fully saturated rings. The summed E-state index contributed by atoms with van der Waals surface area (Å²) in [7, 11) is 0. The van der Waals surface area contributed by atoms with Crippen LogP contribution < -0.4 is 10.3 Å². The number of nitrogens with zero attached hydrogens (tertiary/aromatic N) is 1. The van der Waals surface area contributed by atoms with Gasteiger partial charge in [-0.2, -0.15) is 0 Å². The van der Waals surface area contributed by atoms with Gasteiger partial charge in [0.1, 0.15) is 11.6 Å². The average Bonchev–Trinajstić information content (AvgIpc) is 2.48. The van der Waals surface area contributed by atoms with Crippen LogP contribution in [0.3, 0.4) is 0 Å². The molecule has 1 aromatic carbocycles. The van der Waals surface area contributed by atoms with Crippen LogP contribution >= 0.6 is 0 Å². The van der Waals surface area contributed by atoms with Crippen molar-refractivity contribution >= 4 is 0 Å². The van der Waals surface area contributed by atoms with Crippen molar-refractivity contribution in [3.8, 4) is 17.1 Å². The molecule has 0 amide bonds. The van der Waals surface area contributed by atoms with E-state index in [4.69, 9.17) is 4.74 Å². The maximum atomic E-state index is 12.0. The normalized spacial score (nSPS) is 10.6. The third-order valence-electron chi connectivity index (χ3n) is 3.19. The molecule has 0 radical (unpaired) electrons. The second-order valence-corrected chi connectivity index (χ2v) is 4.68. The Bertz CT molecular complexity index is 647. The molecule has 1 heterocycles. The Morgan fingerprint density at radius 1 is 1.25 bits per heavy atom. The SMILES string of the molecule is CCCOc1ccccc1-c1nc(CC)c(C)c(=O)[nH]1. The molecule has 2 aromatic rings. The zero-order valence-electron chi connectivity index (χ0n) is 12.2. The Morgan fingerprint density at radius 2 is 2.00 bits per heavy atom. The quantitative estimate of drug-likeness (QED) is 0.910. The number of aryl methyl sites for hydroxylation is 1. The smallest absolute Gasteiger partial charge is 0.254 e. The van der Waals surface area contributed by atoms with E-state index in [1.807, 2.05) is 31.2 Å².